The molecule has 2 unspecified atom stereocenters. The summed E-state index contributed by atoms with van der Waals surface area (Å²) in [5.41, 5.74) is 1.23. The second-order valence-corrected chi connectivity index (χ2v) is 9.48. The van der Waals surface area contributed by atoms with Crippen LogP contribution in [0.25, 0.3) is 10.9 Å². The van der Waals surface area contributed by atoms with Crippen molar-refractivity contribution in [1.29, 1.82) is 0 Å². The molecule has 2 nitrogen and oxygen atoms in total. The number of hydrogen-bond acceptors (Lipinski definition) is 1. The predicted molar refractivity (Wildman–Crippen MR) is 114 cm³/mol. The molecule has 1 aliphatic heterocycles. The largest absolute Gasteiger partial charge is 0.357 e. The van der Waals surface area contributed by atoms with Crippen molar-refractivity contribution < 1.29 is 13.2 Å². The summed E-state index contributed by atoms with van der Waals surface area (Å²) in [6.07, 6.45) is 0. The van der Waals surface area contributed by atoms with E-state index in [4.69, 9.17) is 0 Å². The molecule has 0 spiro atoms. The molecule has 148 valence electrons. The quantitative estimate of drug-likeness (QED) is 0.420. The van der Waals surface area contributed by atoms with Crippen LogP contribution in [-0.2, 0) is 0 Å². The molecule has 6 heteroatoms. The van der Waals surface area contributed by atoms with Gasteiger partial charge in [0.25, 0.3) is 0 Å². The van der Waals surface area contributed by atoms with E-state index in [9.17, 15) is 13.2 Å². The smallest absolute Gasteiger partial charge is 0.132 e. The van der Waals surface area contributed by atoms with E-state index in [0.29, 0.717) is 10.1 Å². The van der Waals surface area contributed by atoms with E-state index in [0.717, 1.165) is 22.2 Å². The van der Waals surface area contributed by atoms with Gasteiger partial charge >= 0.3 is 0 Å². The van der Waals surface area contributed by atoms with Crippen LogP contribution >= 0.6 is 22.6 Å². The minimum atomic E-state index is -1.49. The van der Waals surface area contributed by atoms with E-state index in [-0.39, 0.29) is 18.0 Å². The highest BCUT2D eigenvalue weighted by molar-refractivity contribution is 14.1. The average molecular weight is 498 g/mol. The molecule has 0 saturated heterocycles. The van der Waals surface area contributed by atoms with Gasteiger partial charge in [-0.3, -0.25) is 4.90 Å². The molecule has 4 rings (SSSR count). The lowest BCUT2D eigenvalue weighted by Gasteiger charge is -2.41. The number of benzene rings is 2. The van der Waals surface area contributed by atoms with Gasteiger partial charge in [-0.25, -0.2) is 13.2 Å². The molecule has 28 heavy (non-hydrogen) atoms. The third kappa shape index (κ3) is 3.45. The van der Waals surface area contributed by atoms with Gasteiger partial charge in [0.15, 0.2) is 0 Å². The second kappa shape index (κ2) is 7.06. The van der Waals surface area contributed by atoms with Crippen LogP contribution in [0.1, 0.15) is 49.6 Å². The summed E-state index contributed by atoms with van der Waals surface area (Å²) in [7, 11) is 0. The van der Waals surface area contributed by atoms with Crippen LogP contribution in [0.3, 0.4) is 0 Å². The highest BCUT2D eigenvalue weighted by Crippen LogP contribution is 2.45. The van der Waals surface area contributed by atoms with Gasteiger partial charge in [-0.2, -0.15) is 0 Å². The van der Waals surface area contributed by atoms with Gasteiger partial charge in [0.05, 0.1) is 6.04 Å². The Hall–Kier alpha value is -1.54. The fourth-order valence-corrected chi connectivity index (χ4v) is 4.99. The number of hydrogen-bond donors (Lipinski definition) is 1. The fourth-order valence-electron chi connectivity index (χ4n) is 4.44. The third-order valence-corrected chi connectivity index (χ3v) is 5.94. The van der Waals surface area contributed by atoms with Gasteiger partial charge in [0.2, 0.25) is 0 Å². The van der Waals surface area contributed by atoms with Crippen molar-refractivity contribution in [1.82, 2.24) is 9.88 Å². The number of fused-ring (bicyclic) bond motifs is 3. The first-order valence-electron chi connectivity index (χ1n) is 9.33. The molecule has 0 aliphatic carbocycles. The lowest BCUT2D eigenvalue weighted by Crippen LogP contribution is -2.44. The number of rotatable bonds is 3. The standard InChI is InChI=1S/C22H22F3IN2/c1-12-10-28(11-22(2,3)25)21(19-15(23)8-13(26)9-16(19)24)20-18(12)14-6-4-5-7-17(14)27-20/h4-9,12,21,27H,10-11H2,1-3H3. The molecule has 0 radical (unpaired) electrons. The van der Waals surface area contributed by atoms with Crippen LogP contribution in [0.5, 0.6) is 0 Å². The summed E-state index contributed by atoms with van der Waals surface area (Å²) >= 11 is 1.90. The summed E-state index contributed by atoms with van der Waals surface area (Å²) in [6.45, 7) is 5.68. The molecule has 0 fully saturated rings. The minimum absolute atomic E-state index is 0.0237. The number of H-pyrrole nitrogens is 1. The van der Waals surface area contributed by atoms with Crippen molar-refractivity contribution in [2.75, 3.05) is 13.1 Å². The Morgan fingerprint density at radius 3 is 2.43 bits per heavy atom. The number of nitrogens with zero attached hydrogens (tertiary/aromatic N) is 1. The summed E-state index contributed by atoms with van der Waals surface area (Å²) in [5.74, 6) is -1.09. The lowest BCUT2D eigenvalue weighted by atomic mass is 9.85. The van der Waals surface area contributed by atoms with E-state index in [1.54, 1.807) is 0 Å². The topological polar surface area (TPSA) is 19.0 Å². The molecule has 2 aromatic carbocycles. The highest BCUT2D eigenvalue weighted by atomic mass is 127. The van der Waals surface area contributed by atoms with E-state index < -0.39 is 23.3 Å². The maximum atomic E-state index is 15.0. The zero-order valence-corrected chi connectivity index (χ0v) is 18.1. The average Bonchev–Trinajstić information content (AvgIpc) is 2.95. The number of alkyl halides is 1. The van der Waals surface area contributed by atoms with Gasteiger partial charge < -0.3 is 4.98 Å². The van der Waals surface area contributed by atoms with Gasteiger partial charge in [-0.1, -0.05) is 25.1 Å². The first kappa shape index (κ1) is 19.8. The Bertz CT molecular complexity index is 1010. The molecule has 1 aliphatic rings. The number of aromatic nitrogens is 1. The Labute approximate surface area is 176 Å². The first-order valence-corrected chi connectivity index (χ1v) is 10.4. The molecule has 0 bridgehead atoms. The van der Waals surface area contributed by atoms with Crippen LogP contribution in [0, 0.1) is 15.2 Å². The number of aromatic amines is 1. The van der Waals surface area contributed by atoms with Crippen molar-refractivity contribution in [3.05, 3.63) is 68.4 Å². The monoisotopic (exact) mass is 498 g/mol. The van der Waals surface area contributed by atoms with Crippen molar-refractivity contribution in [3.63, 3.8) is 0 Å². The molecule has 0 amide bonds. The zero-order valence-electron chi connectivity index (χ0n) is 16.0. The van der Waals surface area contributed by atoms with Gasteiger partial charge in [-0.15, -0.1) is 0 Å². The van der Waals surface area contributed by atoms with Gasteiger partial charge in [-0.05, 0) is 66.1 Å². The molecule has 1 aromatic heterocycles. The molecule has 2 atom stereocenters. The summed E-state index contributed by atoms with van der Waals surface area (Å²) in [4.78, 5) is 5.24. The molecular formula is C22H22F3IN2. The Kier molecular flexibility index (Phi) is 4.98. The van der Waals surface area contributed by atoms with E-state index in [1.165, 1.54) is 26.0 Å². The Morgan fingerprint density at radius 2 is 1.79 bits per heavy atom. The normalized spacial score (nSPS) is 20.5. The van der Waals surface area contributed by atoms with E-state index in [2.05, 4.69) is 11.9 Å². The molecule has 3 aromatic rings. The fraction of sp³-hybridized carbons (Fsp3) is 0.364. The summed E-state index contributed by atoms with van der Waals surface area (Å²) in [6, 6.07) is 9.83. The zero-order chi connectivity index (χ0) is 20.2. The number of halogens is 4. The van der Waals surface area contributed by atoms with E-state index in [1.807, 2.05) is 51.8 Å². The van der Waals surface area contributed by atoms with Crippen molar-refractivity contribution in [2.24, 2.45) is 0 Å². The Morgan fingerprint density at radius 1 is 1.14 bits per heavy atom. The number of para-hydroxylation sites is 1. The van der Waals surface area contributed by atoms with Crippen LogP contribution in [-0.4, -0.2) is 28.6 Å². The molecule has 1 N–H and O–H groups in total. The van der Waals surface area contributed by atoms with E-state index >= 15 is 0 Å². The molecular weight excluding hydrogens is 476 g/mol. The summed E-state index contributed by atoms with van der Waals surface area (Å²) < 4.78 is 45.0. The van der Waals surface area contributed by atoms with Crippen LogP contribution in [0.15, 0.2) is 36.4 Å². The van der Waals surface area contributed by atoms with Crippen molar-refractivity contribution in [2.45, 2.75) is 38.4 Å². The van der Waals surface area contributed by atoms with Crippen LogP contribution < -0.4 is 0 Å². The lowest BCUT2D eigenvalue weighted by molar-refractivity contribution is 0.0899. The first-order chi connectivity index (χ1) is 13.2. The van der Waals surface area contributed by atoms with Crippen LogP contribution in [0.4, 0.5) is 13.2 Å². The van der Waals surface area contributed by atoms with Crippen LogP contribution in [0.2, 0.25) is 0 Å². The highest BCUT2D eigenvalue weighted by Gasteiger charge is 2.40. The molecule has 2 heterocycles. The van der Waals surface area contributed by atoms with Crippen molar-refractivity contribution >= 4 is 33.5 Å². The van der Waals surface area contributed by atoms with Crippen molar-refractivity contribution in [3.8, 4) is 0 Å². The predicted octanol–water partition coefficient (Wildman–Crippen LogP) is 6.31. The maximum Gasteiger partial charge on any atom is 0.132 e. The SMILES string of the molecule is CC1CN(CC(C)(C)F)C(c2c(F)cc(I)cc2F)c2[nH]c3ccccc3c21. The van der Waals surface area contributed by atoms with Gasteiger partial charge in [0.1, 0.15) is 17.3 Å². The molecule has 0 saturated carbocycles. The maximum absolute atomic E-state index is 15.0. The second-order valence-electron chi connectivity index (χ2n) is 8.23. The minimum Gasteiger partial charge on any atom is -0.357 e. The summed E-state index contributed by atoms with van der Waals surface area (Å²) in [5, 5.41) is 1.06. The Balaban J connectivity index is 1.97. The third-order valence-electron chi connectivity index (χ3n) is 5.31. The van der Waals surface area contributed by atoms with Gasteiger partial charge in [0, 0.05) is 38.8 Å². The number of nitrogens with one attached hydrogen (secondary N) is 1.